The molecule has 136 valence electrons. The minimum absolute atomic E-state index is 0.0546. The van der Waals surface area contributed by atoms with Gasteiger partial charge < -0.3 is 5.32 Å². The van der Waals surface area contributed by atoms with Crippen molar-refractivity contribution in [2.45, 2.75) is 46.6 Å². The zero-order chi connectivity index (χ0) is 18.1. The maximum atomic E-state index is 12.3. The zero-order valence-corrected chi connectivity index (χ0v) is 15.9. The van der Waals surface area contributed by atoms with Crippen LogP contribution in [0, 0.1) is 25.7 Å². The highest BCUT2D eigenvalue weighted by Crippen LogP contribution is 2.26. The monoisotopic (exact) mass is 356 g/mol. The molecule has 2 unspecified atom stereocenters. The highest BCUT2D eigenvalue weighted by Gasteiger charge is 2.39. The van der Waals surface area contributed by atoms with Gasteiger partial charge >= 0.3 is 0 Å². The molecule has 1 saturated heterocycles. The van der Waals surface area contributed by atoms with Crippen LogP contribution in [-0.2, 0) is 21.2 Å². The van der Waals surface area contributed by atoms with Gasteiger partial charge in [0.05, 0.1) is 11.9 Å². The lowest BCUT2D eigenvalue weighted by Gasteiger charge is -2.22. The van der Waals surface area contributed by atoms with Gasteiger partial charge in [0.15, 0.2) is 0 Å². The van der Waals surface area contributed by atoms with Crippen LogP contribution in [0.3, 0.4) is 0 Å². The summed E-state index contributed by atoms with van der Waals surface area (Å²) in [6, 6.07) is -0.130. The van der Waals surface area contributed by atoms with E-state index in [2.05, 4.69) is 29.4 Å². The molecule has 2 heterocycles. The second-order valence-corrected chi connectivity index (χ2v) is 9.06. The van der Waals surface area contributed by atoms with Gasteiger partial charge in [-0.1, -0.05) is 13.8 Å². The molecule has 8 heteroatoms. The molecule has 1 amide bonds. The molecule has 0 radical (unpaired) electrons. The molecule has 1 aliphatic rings. The standard InChI is InChI=1S/C16H28N4O3S/c1-10(2)13-8-20(24(5,22)23)9-15(13)17-16(21)7-6-14-11(3)12(4)18-19-14/h10,13,15H,6-9H2,1-5H3,(H,17,21)(H,18,19). The molecular weight excluding hydrogens is 328 g/mol. The van der Waals surface area contributed by atoms with Crippen LogP contribution in [0.5, 0.6) is 0 Å². The van der Waals surface area contributed by atoms with Gasteiger partial charge in [0.2, 0.25) is 15.9 Å². The van der Waals surface area contributed by atoms with Crippen LogP contribution in [0.2, 0.25) is 0 Å². The number of amides is 1. The maximum Gasteiger partial charge on any atom is 0.220 e. The van der Waals surface area contributed by atoms with Crippen LogP contribution in [0.1, 0.15) is 37.2 Å². The fraction of sp³-hybridized carbons (Fsp3) is 0.750. The van der Waals surface area contributed by atoms with E-state index in [1.54, 1.807) is 0 Å². The van der Waals surface area contributed by atoms with Crippen molar-refractivity contribution in [1.82, 2.24) is 19.8 Å². The second kappa shape index (κ2) is 7.23. The van der Waals surface area contributed by atoms with Crippen molar-refractivity contribution in [2.24, 2.45) is 11.8 Å². The molecule has 0 bridgehead atoms. The summed E-state index contributed by atoms with van der Waals surface area (Å²) in [5.41, 5.74) is 3.02. The van der Waals surface area contributed by atoms with E-state index in [9.17, 15) is 13.2 Å². The lowest BCUT2D eigenvalue weighted by molar-refractivity contribution is -0.122. The van der Waals surface area contributed by atoms with Gasteiger partial charge in [0.25, 0.3) is 0 Å². The molecular formula is C16H28N4O3S. The predicted octanol–water partition coefficient (Wildman–Crippen LogP) is 0.991. The van der Waals surface area contributed by atoms with Crippen LogP contribution in [0.15, 0.2) is 0 Å². The van der Waals surface area contributed by atoms with Crippen molar-refractivity contribution in [2.75, 3.05) is 19.3 Å². The van der Waals surface area contributed by atoms with E-state index in [1.807, 2.05) is 13.8 Å². The first-order valence-corrected chi connectivity index (χ1v) is 10.2. The first-order chi connectivity index (χ1) is 11.1. The number of hydrogen-bond donors (Lipinski definition) is 2. The highest BCUT2D eigenvalue weighted by atomic mass is 32.2. The van der Waals surface area contributed by atoms with Crippen molar-refractivity contribution in [3.63, 3.8) is 0 Å². The number of nitrogens with one attached hydrogen (secondary N) is 2. The Hall–Kier alpha value is -1.41. The van der Waals surface area contributed by atoms with Gasteiger partial charge in [0, 0.05) is 37.7 Å². The summed E-state index contributed by atoms with van der Waals surface area (Å²) < 4.78 is 25.0. The minimum Gasteiger partial charge on any atom is -0.352 e. The van der Waals surface area contributed by atoms with Crippen LogP contribution in [0.25, 0.3) is 0 Å². The molecule has 1 fully saturated rings. The third-order valence-corrected chi connectivity index (χ3v) is 6.18. The zero-order valence-electron chi connectivity index (χ0n) is 15.1. The van der Waals surface area contributed by atoms with Gasteiger partial charge in [-0.3, -0.25) is 9.89 Å². The lowest BCUT2D eigenvalue weighted by Crippen LogP contribution is -2.42. The highest BCUT2D eigenvalue weighted by molar-refractivity contribution is 7.88. The Morgan fingerprint density at radius 2 is 2.04 bits per heavy atom. The molecule has 1 aliphatic heterocycles. The molecule has 0 spiro atoms. The third kappa shape index (κ3) is 4.36. The number of aryl methyl sites for hydroxylation is 2. The van der Waals surface area contributed by atoms with Crippen LogP contribution >= 0.6 is 0 Å². The van der Waals surface area contributed by atoms with Crippen LogP contribution in [0.4, 0.5) is 0 Å². The molecule has 0 aromatic carbocycles. The quantitative estimate of drug-likeness (QED) is 0.795. The smallest absolute Gasteiger partial charge is 0.220 e. The number of carbonyl (C=O) groups is 1. The molecule has 0 saturated carbocycles. The van der Waals surface area contributed by atoms with Gasteiger partial charge in [-0.2, -0.15) is 9.40 Å². The van der Waals surface area contributed by atoms with E-state index in [4.69, 9.17) is 0 Å². The van der Waals surface area contributed by atoms with Gasteiger partial charge in [-0.25, -0.2) is 8.42 Å². The summed E-state index contributed by atoms with van der Waals surface area (Å²) in [5.74, 6) is 0.386. The molecule has 7 nitrogen and oxygen atoms in total. The van der Waals surface area contributed by atoms with Crippen LogP contribution < -0.4 is 5.32 Å². The number of aromatic amines is 1. The Bertz CT molecular complexity index is 696. The Kier molecular flexibility index (Phi) is 5.70. The molecule has 2 N–H and O–H groups in total. The number of H-pyrrole nitrogens is 1. The largest absolute Gasteiger partial charge is 0.352 e. The molecule has 1 aromatic rings. The van der Waals surface area contributed by atoms with E-state index >= 15 is 0 Å². The molecule has 2 atom stereocenters. The normalized spacial score (nSPS) is 22.2. The number of aromatic nitrogens is 2. The average molecular weight is 356 g/mol. The van der Waals surface area contributed by atoms with E-state index < -0.39 is 10.0 Å². The Morgan fingerprint density at radius 3 is 2.54 bits per heavy atom. The van der Waals surface area contributed by atoms with E-state index in [-0.39, 0.29) is 17.9 Å². The number of carbonyl (C=O) groups excluding carboxylic acids is 1. The number of rotatable bonds is 6. The molecule has 24 heavy (non-hydrogen) atoms. The molecule has 1 aromatic heterocycles. The number of sulfonamides is 1. The van der Waals surface area contributed by atoms with Gasteiger partial charge in [-0.05, 0) is 31.2 Å². The predicted molar refractivity (Wildman–Crippen MR) is 93.1 cm³/mol. The first kappa shape index (κ1) is 18.9. The SMILES string of the molecule is Cc1[nH]nc(CCC(=O)NC2CN(S(C)(=O)=O)CC2C(C)C)c1C. The second-order valence-electron chi connectivity index (χ2n) is 7.08. The van der Waals surface area contributed by atoms with Crippen molar-refractivity contribution < 1.29 is 13.2 Å². The maximum absolute atomic E-state index is 12.3. The molecule has 0 aliphatic carbocycles. The summed E-state index contributed by atoms with van der Waals surface area (Å²) in [7, 11) is -3.23. The average Bonchev–Trinajstić information content (AvgIpc) is 3.02. The van der Waals surface area contributed by atoms with Crippen molar-refractivity contribution >= 4 is 15.9 Å². The van der Waals surface area contributed by atoms with Crippen molar-refractivity contribution in [3.8, 4) is 0 Å². The summed E-state index contributed by atoms with van der Waals surface area (Å²) in [6.07, 6.45) is 2.15. The van der Waals surface area contributed by atoms with Crippen LogP contribution in [-0.4, -0.2) is 54.2 Å². The summed E-state index contributed by atoms with van der Waals surface area (Å²) in [4.78, 5) is 12.3. The minimum atomic E-state index is -3.23. The van der Waals surface area contributed by atoms with Gasteiger partial charge in [-0.15, -0.1) is 0 Å². The lowest BCUT2D eigenvalue weighted by atomic mass is 9.91. The number of hydrogen-bond acceptors (Lipinski definition) is 4. The van der Waals surface area contributed by atoms with Crippen molar-refractivity contribution in [3.05, 3.63) is 17.0 Å². The third-order valence-electron chi connectivity index (χ3n) is 4.95. The van der Waals surface area contributed by atoms with Crippen molar-refractivity contribution in [1.29, 1.82) is 0 Å². The summed E-state index contributed by atoms with van der Waals surface area (Å²) in [6.45, 7) is 8.89. The topological polar surface area (TPSA) is 95.2 Å². The fourth-order valence-electron chi connectivity index (χ4n) is 3.18. The fourth-order valence-corrected chi connectivity index (χ4v) is 4.05. The Morgan fingerprint density at radius 1 is 1.38 bits per heavy atom. The Labute approximate surface area is 144 Å². The van der Waals surface area contributed by atoms with E-state index in [0.29, 0.717) is 31.8 Å². The van der Waals surface area contributed by atoms with E-state index in [1.165, 1.54) is 10.6 Å². The Balaban J connectivity index is 1.95. The first-order valence-electron chi connectivity index (χ1n) is 8.34. The summed E-state index contributed by atoms with van der Waals surface area (Å²) in [5, 5.41) is 10.2. The number of nitrogens with zero attached hydrogens (tertiary/aromatic N) is 2. The molecule has 2 rings (SSSR count). The van der Waals surface area contributed by atoms with E-state index in [0.717, 1.165) is 17.0 Å². The van der Waals surface area contributed by atoms with Gasteiger partial charge in [0.1, 0.15) is 0 Å². The summed E-state index contributed by atoms with van der Waals surface area (Å²) >= 11 is 0.